The number of nitrogens with zero attached hydrogens (tertiary/aromatic N) is 3. The van der Waals surface area contributed by atoms with E-state index in [9.17, 15) is 14.3 Å². The Labute approximate surface area is 142 Å². The number of carboxylic acid groups (broad SMARTS) is 1. The van der Waals surface area contributed by atoms with Gasteiger partial charge in [0.25, 0.3) is 0 Å². The molecule has 5 nitrogen and oxygen atoms in total. The summed E-state index contributed by atoms with van der Waals surface area (Å²) < 4.78 is 13.4. The largest absolute Gasteiger partial charge is 0.465 e. The third kappa shape index (κ3) is 3.54. The Balaban J connectivity index is 1.81. The molecular formula is C18H26FN3O2. The van der Waals surface area contributed by atoms with E-state index in [1.54, 1.807) is 6.07 Å². The van der Waals surface area contributed by atoms with Gasteiger partial charge in [0.15, 0.2) is 0 Å². The van der Waals surface area contributed by atoms with Gasteiger partial charge >= 0.3 is 6.09 Å². The number of aryl methyl sites for hydroxylation is 1. The summed E-state index contributed by atoms with van der Waals surface area (Å²) >= 11 is 0. The quantitative estimate of drug-likeness (QED) is 0.902. The highest BCUT2D eigenvalue weighted by atomic mass is 19.1. The normalized spacial score (nSPS) is 26.5. The van der Waals surface area contributed by atoms with E-state index in [1.807, 2.05) is 6.92 Å². The summed E-state index contributed by atoms with van der Waals surface area (Å²) in [6, 6.07) is 4.87. The van der Waals surface area contributed by atoms with Crippen LogP contribution in [0.5, 0.6) is 0 Å². The summed E-state index contributed by atoms with van der Waals surface area (Å²) in [6.45, 7) is 6.57. The molecule has 0 spiro atoms. The van der Waals surface area contributed by atoms with Crippen LogP contribution in [0.15, 0.2) is 18.2 Å². The van der Waals surface area contributed by atoms with Crippen LogP contribution >= 0.6 is 0 Å². The summed E-state index contributed by atoms with van der Waals surface area (Å²) in [5.41, 5.74) is 1.75. The van der Waals surface area contributed by atoms with Crippen molar-refractivity contribution < 1.29 is 14.3 Å². The maximum atomic E-state index is 13.4. The van der Waals surface area contributed by atoms with Crippen LogP contribution in [0.4, 0.5) is 9.18 Å². The molecule has 2 heterocycles. The van der Waals surface area contributed by atoms with E-state index < -0.39 is 6.09 Å². The van der Waals surface area contributed by atoms with Gasteiger partial charge in [0.05, 0.1) is 6.04 Å². The van der Waals surface area contributed by atoms with Gasteiger partial charge in [-0.2, -0.15) is 0 Å². The van der Waals surface area contributed by atoms with E-state index in [1.165, 1.54) is 17.0 Å². The van der Waals surface area contributed by atoms with Gasteiger partial charge in [-0.1, -0.05) is 6.07 Å². The van der Waals surface area contributed by atoms with Crippen LogP contribution in [0.25, 0.3) is 0 Å². The van der Waals surface area contributed by atoms with Gasteiger partial charge in [0.2, 0.25) is 0 Å². The predicted octanol–water partition coefficient (Wildman–Crippen LogP) is 2.57. The Bertz CT molecular complexity index is 602. The molecule has 2 atom stereocenters. The molecule has 2 fully saturated rings. The number of piperidine rings is 1. The highest BCUT2D eigenvalue weighted by Crippen LogP contribution is 2.35. The topological polar surface area (TPSA) is 47.0 Å². The van der Waals surface area contributed by atoms with Crippen molar-refractivity contribution in [2.45, 2.75) is 31.8 Å². The van der Waals surface area contributed by atoms with Crippen LogP contribution in [0.1, 0.15) is 30.0 Å². The Kier molecular flexibility index (Phi) is 5.06. The minimum absolute atomic E-state index is 0.193. The van der Waals surface area contributed by atoms with E-state index in [0.29, 0.717) is 12.6 Å². The van der Waals surface area contributed by atoms with Gasteiger partial charge in [-0.25, -0.2) is 9.18 Å². The molecule has 0 radical (unpaired) electrons. The van der Waals surface area contributed by atoms with Gasteiger partial charge in [-0.3, -0.25) is 4.90 Å². The minimum atomic E-state index is -0.888. The lowest BCUT2D eigenvalue weighted by molar-refractivity contribution is 0.0403. The lowest BCUT2D eigenvalue weighted by Crippen LogP contribution is -2.53. The summed E-state index contributed by atoms with van der Waals surface area (Å²) in [4.78, 5) is 18.0. The average molecular weight is 335 g/mol. The van der Waals surface area contributed by atoms with Crippen molar-refractivity contribution in [3.63, 3.8) is 0 Å². The van der Waals surface area contributed by atoms with Crippen LogP contribution < -0.4 is 0 Å². The minimum Gasteiger partial charge on any atom is -0.465 e. The number of rotatable bonds is 2. The second kappa shape index (κ2) is 7.07. The number of amides is 1. The second-order valence-corrected chi connectivity index (χ2v) is 7.01. The molecule has 2 aliphatic rings. The molecule has 0 aliphatic carbocycles. The molecule has 24 heavy (non-hydrogen) atoms. The standard InChI is InChI=1S/C18H26FN3O2/c1-13-11-14(19)3-4-16(13)17-12-15(5-6-22(17)18(23)24)21-9-7-20(2)8-10-21/h3-4,11,15,17H,5-10,12H2,1-2H3,(H,23,24)/t15?,17-/m1/s1. The third-order valence-corrected chi connectivity index (χ3v) is 5.47. The monoisotopic (exact) mass is 335 g/mol. The van der Waals surface area contributed by atoms with Crippen molar-refractivity contribution in [3.8, 4) is 0 Å². The number of halogens is 1. The number of likely N-dealkylation sites (N-methyl/N-ethyl adjacent to an activating group) is 1. The molecular weight excluding hydrogens is 309 g/mol. The lowest BCUT2D eigenvalue weighted by atomic mass is 9.88. The molecule has 2 aliphatic heterocycles. The first kappa shape index (κ1) is 17.2. The van der Waals surface area contributed by atoms with E-state index in [2.05, 4.69) is 16.8 Å². The van der Waals surface area contributed by atoms with Crippen molar-refractivity contribution in [3.05, 3.63) is 35.1 Å². The lowest BCUT2D eigenvalue weighted by Gasteiger charge is -2.45. The van der Waals surface area contributed by atoms with E-state index in [4.69, 9.17) is 0 Å². The summed E-state index contributed by atoms with van der Waals surface area (Å²) in [5, 5.41) is 9.58. The number of hydrogen-bond acceptors (Lipinski definition) is 3. The van der Waals surface area contributed by atoms with Gasteiger partial charge < -0.3 is 14.9 Å². The summed E-state index contributed by atoms with van der Waals surface area (Å²) in [5.74, 6) is -0.274. The van der Waals surface area contributed by atoms with Crippen LogP contribution in [0.3, 0.4) is 0 Å². The molecule has 0 aromatic heterocycles. The van der Waals surface area contributed by atoms with Gasteiger partial charge in [-0.05, 0) is 50.1 Å². The van der Waals surface area contributed by atoms with Crippen LogP contribution in [-0.2, 0) is 0 Å². The third-order valence-electron chi connectivity index (χ3n) is 5.47. The molecule has 3 rings (SSSR count). The summed E-state index contributed by atoms with van der Waals surface area (Å²) in [6.07, 6.45) is 0.760. The maximum absolute atomic E-state index is 13.4. The maximum Gasteiger partial charge on any atom is 0.407 e. The average Bonchev–Trinajstić information content (AvgIpc) is 2.55. The van der Waals surface area contributed by atoms with Gasteiger partial charge in [0.1, 0.15) is 5.82 Å². The fourth-order valence-electron chi connectivity index (χ4n) is 4.00. The fourth-order valence-corrected chi connectivity index (χ4v) is 4.00. The Hall–Kier alpha value is -1.66. The Morgan fingerprint density at radius 1 is 1.21 bits per heavy atom. The fraction of sp³-hybridized carbons (Fsp3) is 0.611. The molecule has 0 bridgehead atoms. The Morgan fingerprint density at radius 3 is 2.54 bits per heavy atom. The van der Waals surface area contributed by atoms with Crippen LogP contribution in [0, 0.1) is 12.7 Å². The first-order chi connectivity index (χ1) is 11.5. The van der Waals surface area contributed by atoms with E-state index >= 15 is 0 Å². The molecule has 1 unspecified atom stereocenters. The Morgan fingerprint density at radius 2 is 1.92 bits per heavy atom. The van der Waals surface area contributed by atoms with E-state index in [0.717, 1.165) is 50.1 Å². The SMILES string of the molecule is Cc1cc(F)ccc1[C@H]1CC(N2CCN(C)CC2)CCN1C(=O)O. The first-order valence-corrected chi connectivity index (χ1v) is 8.64. The molecule has 132 valence electrons. The molecule has 1 N–H and O–H groups in total. The van der Waals surface area contributed by atoms with Crippen LogP contribution in [0.2, 0.25) is 0 Å². The molecule has 2 saturated heterocycles. The zero-order valence-corrected chi connectivity index (χ0v) is 14.4. The molecule has 1 amide bonds. The molecule has 1 aromatic carbocycles. The van der Waals surface area contributed by atoms with Crippen molar-refractivity contribution in [2.24, 2.45) is 0 Å². The number of carbonyl (C=O) groups is 1. The van der Waals surface area contributed by atoms with Gasteiger partial charge in [-0.15, -0.1) is 0 Å². The van der Waals surface area contributed by atoms with Gasteiger partial charge in [0, 0.05) is 38.8 Å². The first-order valence-electron chi connectivity index (χ1n) is 8.64. The van der Waals surface area contributed by atoms with Crippen molar-refractivity contribution in [1.82, 2.24) is 14.7 Å². The molecule has 6 heteroatoms. The number of hydrogen-bond donors (Lipinski definition) is 1. The highest BCUT2D eigenvalue weighted by Gasteiger charge is 2.36. The second-order valence-electron chi connectivity index (χ2n) is 7.01. The zero-order valence-electron chi connectivity index (χ0n) is 14.4. The number of benzene rings is 1. The zero-order chi connectivity index (χ0) is 17.3. The summed E-state index contributed by atoms with van der Waals surface area (Å²) in [7, 11) is 2.13. The van der Waals surface area contributed by atoms with Crippen molar-refractivity contribution in [2.75, 3.05) is 39.8 Å². The predicted molar refractivity (Wildman–Crippen MR) is 90.7 cm³/mol. The van der Waals surface area contributed by atoms with Crippen molar-refractivity contribution in [1.29, 1.82) is 0 Å². The number of likely N-dealkylation sites (tertiary alicyclic amines) is 1. The number of piperazine rings is 1. The molecule has 0 saturated carbocycles. The van der Waals surface area contributed by atoms with E-state index in [-0.39, 0.29) is 11.9 Å². The highest BCUT2D eigenvalue weighted by molar-refractivity contribution is 5.66. The molecule has 1 aromatic rings. The van der Waals surface area contributed by atoms with Crippen molar-refractivity contribution >= 4 is 6.09 Å². The smallest absolute Gasteiger partial charge is 0.407 e. The van der Waals surface area contributed by atoms with Crippen LogP contribution in [-0.4, -0.2) is 71.7 Å².